The van der Waals surface area contributed by atoms with Gasteiger partial charge in [-0.25, -0.2) is 0 Å². The van der Waals surface area contributed by atoms with E-state index in [1.807, 2.05) is 0 Å². The Morgan fingerprint density at radius 1 is 1.36 bits per heavy atom. The van der Waals surface area contributed by atoms with Crippen molar-refractivity contribution in [3.8, 4) is 0 Å². The number of hydrogen-bond donors (Lipinski definition) is 0. The van der Waals surface area contributed by atoms with Gasteiger partial charge in [-0.05, 0) is 24.7 Å². The molecule has 0 radical (unpaired) electrons. The summed E-state index contributed by atoms with van der Waals surface area (Å²) in [6.45, 7) is 6.29. The summed E-state index contributed by atoms with van der Waals surface area (Å²) in [5, 5.41) is 0. The number of hydrogen-bond acceptors (Lipinski definition) is 2. The molecule has 0 aromatic heterocycles. The summed E-state index contributed by atoms with van der Waals surface area (Å²) in [6.07, 6.45) is 3.75. The fourth-order valence-corrected chi connectivity index (χ4v) is 3.65. The summed E-state index contributed by atoms with van der Waals surface area (Å²) in [5.74, 6) is -0.142. The normalized spacial score (nSPS) is 39.5. The molecule has 2 saturated carbocycles. The topological polar surface area (TPSA) is 34.1 Å². The molecular formula is C12H18O2. The van der Waals surface area contributed by atoms with E-state index in [4.69, 9.17) is 0 Å². The highest BCUT2D eigenvalue weighted by Crippen LogP contribution is 2.64. The number of carbonyl (C=O) groups is 2. The van der Waals surface area contributed by atoms with E-state index in [-0.39, 0.29) is 28.3 Å². The third kappa shape index (κ3) is 0.825. The molecule has 2 aliphatic rings. The fraction of sp³-hybridized carbons (Fsp3) is 0.833. The Morgan fingerprint density at radius 2 is 2.00 bits per heavy atom. The van der Waals surface area contributed by atoms with E-state index in [0.29, 0.717) is 0 Å². The standard InChI is InChI=1S/C12H18O2/c1-4-6-12-7-5-8(11(12,2)3)9(13)10(12)14/h8H,4-7H2,1-3H3. The van der Waals surface area contributed by atoms with Gasteiger partial charge in [-0.15, -0.1) is 0 Å². The third-order valence-corrected chi connectivity index (χ3v) is 4.62. The molecule has 0 amide bonds. The zero-order chi connectivity index (χ0) is 10.6. The Bertz CT molecular complexity index is 303. The zero-order valence-electron chi connectivity index (χ0n) is 9.22. The smallest absolute Gasteiger partial charge is 0.205 e. The minimum Gasteiger partial charge on any atom is -0.291 e. The summed E-state index contributed by atoms with van der Waals surface area (Å²) in [6, 6.07) is 0. The molecule has 2 unspecified atom stereocenters. The summed E-state index contributed by atoms with van der Waals surface area (Å²) in [7, 11) is 0. The lowest BCUT2D eigenvalue weighted by molar-refractivity contribution is -0.142. The first-order valence-electron chi connectivity index (χ1n) is 5.56. The second-order valence-electron chi connectivity index (χ2n) is 5.34. The molecule has 0 aliphatic heterocycles. The first kappa shape index (κ1) is 9.88. The lowest BCUT2D eigenvalue weighted by atomic mass is 9.66. The monoisotopic (exact) mass is 194 g/mol. The average Bonchev–Trinajstić information content (AvgIpc) is 2.43. The van der Waals surface area contributed by atoms with E-state index in [1.54, 1.807) is 0 Å². The maximum absolute atomic E-state index is 11.9. The van der Waals surface area contributed by atoms with Gasteiger partial charge in [-0.2, -0.15) is 0 Å². The van der Waals surface area contributed by atoms with E-state index in [1.165, 1.54) is 0 Å². The van der Waals surface area contributed by atoms with E-state index in [2.05, 4.69) is 20.8 Å². The molecule has 2 aliphatic carbocycles. The molecule has 0 heterocycles. The molecule has 0 aromatic carbocycles. The molecule has 78 valence electrons. The molecule has 2 atom stereocenters. The van der Waals surface area contributed by atoms with Gasteiger partial charge in [0.15, 0.2) is 0 Å². The van der Waals surface area contributed by atoms with Gasteiger partial charge >= 0.3 is 0 Å². The van der Waals surface area contributed by atoms with E-state index >= 15 is 0 Å². The molecular weight excluding hydrogens is 176 g/mol. The molecule has 0 N–H and O–H groups in total. The molecule has 0 aromatic rings. The Kier molecular flexibility index (Phi) is 1.89. The van der Waals surface area contributed by atoms with Crippen molar-refractivity contribution < 1.29 is 9.59 Å². The molecule has 0 saturated heterocycles. The van der Waals surface area contributed by atoms with Crippen molar-refractivity contribution >= 4 is 11.6 Å². The maximum atomic E-state index is 11.9. The summed E-state index contributed by atoms with van der Waals surface area (Å²) >= 11 is 0. The molecule has 2 bridgehead atoms. The molecule has 2 rings (SSSR count). The molecule has 0 spiro atoms. The van der Waals surface area contributed by atoms with Crippen LogP contribution < -0.4 is 0 Å². The van der Waals surface area contributed by atoms with Crippen LogP contribution in [0.5, 0.6) is 0 Å². The Labute approximate surface area is 85.1 Å². The highest BCUT2D eigenvalue weighted by molar-refractivity contribution is 6.43. The van der Waals surface area contributed by atoms with Crippen LogP contribution in [0.4, 0.5) is 0 Å². The minimum absolute atomic E-state index is 0.0153. The van der Waals surface area contributed by atoms with Crippen LogP contribution in [0.2, 0.25) is 0 Å². The van der Waals surface area contributed by atoms with Crippen molar-refractivity contribution in [1.82, 2.24) is 0 Å². The Morgan fingerprint density at radius 3 is 2.43 bits per heavy atom. The van der Waals surface area contributed by atoms with Crippen molar-refractivity contribution in [2.75, 3.05) is 0 Å². The highest BCUT2D eigenvalue weighted by atomic mass is 16.2. The SMILES string of the molecule is CCCC12CCC(C(=O)C1=O)C2(C)C. The predicted octanol–water partition coefficient (Wildman–Crippen LogP) is 2.36. The van der Waals surface area contributed by atoms with Crippen LogP contribution in [0, 0.1) is 16.7 Å². The van der Waals surface area contributed by atoms with Crippen molar-refractivity contribution in [3.63, 3.8) is 0 Å². The van der Waals surface area contributed by atoms with Crippen LogP contribution >= 0.6 is 0 Å². The first-order chi connectivity index (χ1) is 6.47. The molecule has 2 fully saturated rings. The van der Waals surface area contributed by atoms with Crippen LogP contribution in [0.25, 0.3) is 0 Å². The largest absolute Gasteiger partial charge is 0.291 e. The quantitative estimate of drug-likeness (QED) is 0.632. The van der Waals surface area contributed by atoms with E-state index in [0.717, 1.165) is 25.7 Å². The lowest BCUT2D eigenvalue weighted by Gasteiger charge is -2.35. The van der Waals surface area contributed by atoms with Crippen molar-refractivity contribution in [3.05, 3.63) is 0 Å². The first-order valence-corrected chi connectivity index (χ1v) is 5.56. The van der Waals surface area contributed by atoms with Gasteiger partial charge in [-0.1, -0.05) is 27.2 Å². The van der Waals surface area contributed by atoms with Crippen molar-refractivity contribution in [1.29, 1.82) is 0 Å². The lowest BCUT2D eigenvalue weighted by Crippen LogP contribution is -2.36. The van der Waals surface area contributed by atoms with Crippen LogP contribution in [0.15, 0.2) is 0 Å². The summed E-state index contributed by atoms with van der Waals surface area (Å²) < 4.78 is 0. The number of fused-ring (bicyclic) bond motifs is 2. The Balaban J connectivity index is 2.47. The van der Waals surface area contributed by atoms with Gasteiger partial charge in [0, 0.05) is 11.3 Å². The predicted molar refractivity (Wildman–Crippen MR) is 53.9 cm³/mol. The maximum Gasteiger partial charge on any atom is 0.205 e. The summed E-state index contributed by atoms with van der Waals surface area (Å²) in [4.78, 5) is 23.7. The van der Waals surface area contributed by atoms with Crippen LogP contribution in [-0.2, 0) is 9.59 Å². The van der Waals surface area contributed by atoms with Crippen molar-refractivity contribution in [2.45, 2.75) is 46.5 Å². The van der Waals surface area contributed by atoms with Gasteiger partial charge in [0.05, 0.1) is 0 Å². The Hall–Kier alpha value is -0.660. The van der Waals surface area contributed by atoms with Gasteiger partial charge in [-0.3, -0.25) is 9.59 Å². The van der Waals surface area contributed by atoms with Crippen LogP contribution in [-0.4, -0.2) is 11.6 Å². The second kappa shape index (κ2) is 2.68. The molecule has 2 heteroatoms. The summed E-state index contributed by atoms with van der Waals surface area (Å²) in [5.41, 5.74) is -0.388. The molecule has 2 nitrogen and oxygen atoms in total. The van der Waals surface area contributed by atoms with Crippen LogP contribution in [0.3, 0.4) is 0 Å². The second-order valence-corrected chi connectivity index (χ2v) is 5.34. The van der Waals surface area contributed by atoms with Gasteiger partial charge in [0.2, 0.25) is 11.6 Å². The third-order valence-electron chi connectivity index (χ3n) is 4.62. The fourth-order valence-electron chi connectivity index (χ4n) is 3.65. The molecule has 14 heavy (non-hydrogen) atoms. The van der Waals surface area contributed by atoms with Gasteiger partial charge < -0.3 is 0 Å². The van der Waals surface area contributed by atoms with Crippen LogP contribution in [0.1, 0.15) is 46.5 Å². The minimum atomic E-state index is -0.302. The average molecular weight is 194 g/mol. The highest BCUT2D eigenvalue weighted by Gasteiger charge is 2.67. The number of Topliss-reactive ketones (excluding diaryl/α,β-unsaturated/α-hetero) is 2. The number of carbonyl (C=O) groups excluding carboxylic acids is 2. The van der Waals surface area contributed by atoms with E-state index in [9.17, 15) is 9.59 Å². The number of rotatable bonds is 2. The van der Waals surface area contributed by atoms with E-state index < -0.39 is 0 Å². The number of ketones is 2. The van der Waals surface area contributed by atoms with Crippen molar-refractivity contribution in [2.24, 2.45) is 16.7 Å². The van der Waals surface area contributed by atoms with Gasteiger partial charge in [0.1, 0.15) is 0 Å². The van der Waals surface area contributed by atoms with Gasteiger partial charge in [0.25, 0.3) is 0 Å². The zero-order valence-corrected chi connectivity index (χ0v) is 9.22.